The van der Waals surface area contributed by atoms with Crippen molar-refractivity contribution < 1.29 is 9.90 Å². The fraction of sp³-hybridized carbons (Fsp3) is 0.533. The number of halogens is 1. The second kappa shape index (κ2) is 7.89. The average Bonchev–Trinajstić information content (AvgIpc) is 2.44. The lowest BCUT2D eigenvalue weighted by atomic mass is 10.2. The van der Waals surface area contributed by atoms with Crippen LogP contribution in [0.2, 0.25) is 0 Å². The molecule has 1 heterocycles. The van der Waals surface area contributed by atoms with Gasteiger partial charge in [0.15, 0.2) is 0 Å². The van der Waals surface area contributed by atoms with E-state index in [1.54, 1.807) is 0 Å². The Hall–Kier alpha value is -0.950. The molecule has 116 valence electrons. The number of hydrogen-bond donors (Lipinski definition) is 2. The number of rotatable bonds is 5. The normalized spacial score (nSPS) is 16.9. The Labute approximate surface area is 134 Å². The van der Waals surface area contributed by atoms with Gasteiger partial charge in [0.05, 0.1) is 13.2 Å². The van der Waals surface area contributed by atoms with E-state index in [1.165, 1.54) is 0 Å². The SMILES string of the molecule is Cc1cc(Br)ccc1NC(=O)CN1CCN(CCO)CC1. The number of aryl methyl sites for hydroxylation is 1. The molecular formula is C15H22BrN3O2. The second-order valence-corrected chi connectivity index (χ2v) is 6.26. The van der Waals surface area contributed by atoms with Crippen molar-refractivity contribution in [2.45, 2.75) is 6.92 Å². The monoisotopic (exact) mass is 355 g/mol. The summed E-state index contributed by atoms with van der Waals surface area (Å²) in [5, 5.41) is 11.9. The Morgan fingerprint density at radius 3 is 2.57 bits per heavy atom. The zero-order chi connectivity index (χ0) is 15.2. The molecule has 0 spiro atoms. The molecule has 1 fully saturated rings. The van der Waals surface area contributed by atoms with Crippen molar-refractivity contribution in [3.05, 3.63) is 28.2 Å². The molecule has 1 aromatic rings. The summed E-state index contributed by atoms with van der Waals surface area (Å²) >= 11 is 3.42. The van der Waals surface area contributed by atoms with Crippen molar-refractivity contribution in [2.75, 3.05) is 51.2 Å². The first-order valence-electron chi connectivity index (χ1n) is 7.20. The van der Waals surface area contributed by atoms with Gasteiger partial charge in [-0.15, -0.1) is 0 Å². The maximum atomic E-state index is 12.1. The Morgan fingerprint density at radius 2 is 1.95 bits per heavy atom. The van der Waals surface area contributed by atoms with Crippen LogP contribution in [0.1, 0.15) is 5.56 Å². The predicted molar refractivity (Wildman–Crippen MR) is 87.5 cm³/mol. The van der Waals surface area contributed by atoms with Gasteiger partial charge in [-0.2, -0.15) is 0 Å². The van der Waals surface area contributed by atoms with Crippen molar-refractivity contribution in [2.24, 2.45) is 0 Å². The molecule has 2 N–H and O–H groups in total. The van der Waals surface area contributed by atoms with E-state index in [0.29, 0.717) is 6.54 Å². The van der Waals surface area contributed by atoms with Gasteiger partial charge in [-0.1, -0.05) is 15.9 Å². The number of hydrogen-bond acceptors (Lipinski definition) is 4. The number of nitrogens with one attached hydrogen (secondary N) is 1. The fourth-order valence-electron chi connectivity index (χ4n) is 2.47. The van der Waals surface area contributed by atoms with Crippen molar-refractivity contribution >= 4 is 27.5 Å². The summed E-state index contributed by atoms with van der Waals surface area (Å²) in [4.78, 5) is 16.5. The van der Waals surface area contributed by atoms with Crippen LogP contribution < -0.4 is 5.32 Å². The first-order chi connectivity index (χ1) is 10.1. The number of aliphatic hydroxyl groups excluding tert-OH is 1. The lowest BCUT2D eigenvalue weighted by molar-refractivity contribution is -0.117. The summed E-state index contributed by atoms with van der Waals surface area (Å²) in [5.74, 6) is 0.0241. The van der Waals surface area contributed by atoms with Crippen LogP contribution in [0.5, 0.6) is 0 Å². The maximum Gasteiger partial charge on any atom is 0.238 e. The Kier molecular flexibility index (Phi) is 6.17. The van der Waals surface area contributed by atoms with E-state index in [2.05, 4.69) is 31.0 Å². The van der Waals surface area contributed by atoms with Gasteiger partial charge in [-0.3, -0.25) is 14.6 Å². The molecular weight excluding hydrogens is 334 g/mol. The molecule has 21 heavy (non-hydrogen) atoms. The summed E-state index contributed by atoms with van der Waals surface area (Å²) < 4.78 is 1.01. The summed E-state index contributed by atoms with van der Waals surface area (Å²) in [7, 11) is 0. The van der Waals surface area contributed by atoms with E-state index in [-0.39, 0.29) is 12.5 Å². The molecule has 2 rings (SSSR count). The molecule has 0 radical (unpaired) electrons. The molecule has 1 amide bonds. The van der Waals surface area contributed by atoms with E-state index >= 15 is 0 Å². The third kappa shape index (κ3) is 5.07. The van der Waals surface area contributed by atoms with E-state index in [4.69, 9.17) is 5.11 Å². The quantitative estimate of drug-likeness (QED) is 0.835. The Morgan fingerprint density at radius 1 is 1.29 bits per heavy atom. The minimum atomic E-state index is 0.0241. The number of carbonyl (C=O) groups is 1. The number of piperazine rings is 1. The van der Waals surface area contributed by atoms with E-state index < -0.39 is 0 Å². The maximum absolute atomic E-state index is 12.1. The Balaban J connectivity index is 1.80. The molecule has 0 bridgehead atoms. The minimum Gasteiger partial charge on any atom is -0.395 e. The van der Waals surface area contributed by atoms with E-state index in [0.717, 1.165) is 48.4 Å². The Bertz CT molecular complexity index is 488. The molecule has 1 aromatic carbocycles. The number of nitrogens with zero attached hydrogens (tertiary/aromatic N) is 2. The van der Waals surface area contributed by atoms with Crippen LogP contribution in [0.25, 0.3) is 0 Å². The lowest BCUT2D eigenvalue weighted by Gasteiger charge is -2.33. The molecule has 1 aliphatic rings. The zero-order valence-corrected chi connectivity index (χ0v) is 13.9. The van der Waals surface area contributed by atoms with Gasteiger partial charge < -0.3 is 10.4 Å². The van der Waals surface area contributed by atoms with Gasteiger partial charge in [0.2, 0.25) is 5.91 Å². The van der Waals surface area contributed by atoms with E-state index in [9.17, 15) is 4.79 Å². The molecule has 0 atom stereocenters. The molecule has 1 saturated heterocycles. The topological polar surface area (TPSA) is 55.8 Å². The average molecular weight is 356 g/mol. The van der Waals surface area contributed by atoms with Gasteiger partial charge in [0, 0.05) is 42.9 Å². The van der Waals surface area contributed by atoms with Crippen LogP contribution in [-0.2, 0) is 4.79 Å². The second-order valence-electron chi connectivity index (χ2n) is 5.35. The first-order valence-corrected chi connectivity index (χ1v) is 7.99. The molecule has 1 aliphatic heterocycles. The van der Waals surface area contributed by atoms with Crippen molar-refractivity contribution in [1.82, 2.24) is 9.80 Å². The molecule has 5 nitrogen and oxygen atoms in total. The summed E-state index contributed by atoms with van der Waals surface area (Å²) in [6, 6.07) is 5.83. The number of aliphatic hydroxyl groups is 1. The summed E-state index contributed by atoms with van der Waals surface area (Å²) in [5.41, 5.74) is 1.91. The van der Waals surface area contributed by atoms with Gasteiger partial charge in [0.1, 0.15) is 0 Å². The molecule has 0 saturated carbocycles. The number of carbonyl (C=O) groups excluding carboxylic acids is 1. The first kappa shape index (κ1) is 16.4. The summed E-state index contributed by atoms with van der Waals surface area (Å²) in [6.45, 7) is 6.87. The molecule has 0 aliphatic carbocycles. The van der Waals surface area contributed by atoms with E-state index in [1.807, 2.05) is 25.1 Å². The van der Waals surface area contributed by atoms with Gasteiger partial charge in [-0.05, 0) is 30.7 Å². The predicted octanol–water partition coefficient (Wildman–Crippen LogP) is 1.31. The van der Waals surface area contributed by atoms with Crippen molar-refractivity contribution in [1.29, 1.82) is 0 Å². The fourth-order valence-corrected chi connectivity index (χ4v) is 2.95. The standard InChI is InChI=1S/C15H22BrN3O2/c1-12-10-13(16)2-3-14(12)17-15(21)11-19-6-4-18(5-7-19)8-9-20/h2-3,10,20H,4-9,11H2,1H3,(H,17,21). The van der Waals surface area contributed by atoms with Crippen LogP contribution in [0.4, 0.5) is 5.69 Å². The van der Waals surface area contributed by atoms with Crippen molar-refractivity contribution in [3.8, 4) is 0 Å². The highest BCUT2D eigenvalue weighted by Crippen LogP contribution is 2.20. The van der Waals surface area contributed by atoms with Crippen LogP contribution in [0.3, 0.4) is 0 Å². The number of β-amino-alcohol motifs (C(OH)–C–C–N with tert-alkyl or cyclic N) is 1. The number of anilines is 1. The highest BCUT2D eigenvalue weighted by Gasteiger charge is 2.18. The molecule has 0 aromatic heterocycles. The van der Waals surface area contributed by atoms with Gasteiger partial charge in [0.25, 0.3) is 0 Å². The molecule has 0 unspecified atom stereocenters. The van der Waals surface area contributed by atoms with Crippen molar-refractivity contribution in [3.63, 3.8) is 0 Å². The largest absolute Gasteiger partial charge is 0.395 e. The third-order valence-corrected chi connectivity index (χ3v) is 4.20. The third-order valence-electron chi connectivity index (χ3n) is 3.71. The van der Waals surface area contributed by atoms with Crippen LogP contribution >= 0.6 is 15.9 Å². The number of benzene rings is 1. The summed E-state index contributed by atoms with van der Waals surface area (Å²) in [6.07, 6.45) is 0. The van der Waals surface area contributed by atoms with Crippen LogP contribution in [0.15, 0.2) is 22.7 Å². The minimum absolute atomic E-state index is 0.0241. The zero-order valence-electron chi connectivity index (χ0n) is 12.3. The van der Waals surface area contributed by atoms with Crippen LogP contribution in [0, 0.1) is 6.92 Å². The van der Waals surface area contributed by atoms with Gasteiger partial charge in [-0.25, -0.2) is 0 Å². The lowest BCUT2D eigenvalue weighted by Crippen LogP contribution is -2.49. The highest BCUT2D eigenvalue weighted by atomic mass is 79.9. The smallest absolute Gasteiger partial charge is 0.238 e. The van der Waals surface area contributed by atoms with Crippen LogP contribution in [-0.4, -0.2) is 66.7 Å². The highest BCUT2D eigenvalue weighted by molar-refractivity contribution is 9.10. The number of amides is 1. The molecule has 6 heteroatoms. The van der Waals surface area contributed by atoms with Gasteiger partial charge >= 0.3 is 0 Å².